The Morgan fingerprint density at radius 3 is 2.46 bits per heavy atom. The molecule has 1 saturated heterocycles. The molecule has 3 rings (SSSR count). The first-order valence-electron chi connectivity index (χ1n) is 8.26. The second-order valence-electron chi connectivity index (χ2n) is 5.98. The number of nitrogens with zero attached hydrogens (tertiary/aromatic N) is 4. The third kappa shape index (κ3) is 4.10. The molecule has 2 heterocycles. The number of methoxy groups -OCH3 is 1. The van der Waals surface area contributed by atoms with Gasteiger partial charge < -0.3 is 9.26 Å². The van der Waals surface area contributed by atoms with Gasteiger partial charge in [-0.1, -0.05) is 18.1 Å². The van der Waals surface area contributed by atoms with Crippen molar-refractivity contribution in [2.45, 2.75) is 26.4 Å². The van der Waals surface area contributed by atoms with Crippen molar-refractivity contribution in [3.05, 3.63) is 41.3 Å². The number of piperazine rings is 1. The molecule has 2 aromatic rings. The summed E-state index contributed by atoms with van der Waals surface area (Å²) in [5, 5.41) is 3.92. The van der Waals surface area contributed by atoms with Gasteiger partial charge in [0.15, 0.2) is 17.4 Å². The van der Waals surface area contributed by atoms with Crippen molar-refractivity contribution in [1.82, 2.24) is 19.9 Å². The molecule has 0 atom stereocenters. The fraction of sp³-hybridized carbons (Fsp3) is 0.529. The Labute approximate surface area is 141 Å². The van der Waals surface area contributed by atoms with Crippen LogP contribution in [0.15, 0.2) is 22.7 Å². The van der Waals surface area contributed by atoms with Crippen molar-refractivity contribution in [3.8, 4) is 5.75 Å². The smallest absolute Gasteiger partial charge is 0.240 e. The topological polar surface area (TPSA) is 54.6 Å². The van der Waals surface area contributed by atoms with E-state index in [9.17, 15) is 4.39 Å². The Balaban J connectivity index is 1.49. The highest BCUT2D eigenvalue weighted by Crippen LogP contribution is 2.19. The minimum atomic E-state index is -0.309. The van der Waals surface area contributed by atoms with Crippen LogP contribution >= 0.6 is 0 Å². The van der Waals surface area contributed by atoms with Gasteiger partial charge in [-0.25, -0.2) is 4.39 Å². The van der Waals surface area contributed by atoms with Crippen LogP contribution in [0.2, 0.25) is 0 Å². The van der Waals surface area contributed by atoms with E-state index < -0.39 is 0 Å². The van der Waals surface area contributed by atoms with E-state index in [1.807, 2.05) is 13.0 Å². The largest absolute Gasteiger partial charge is 0.494 e. The maximum absolute atomic E-state index is 13.8. The van der Waals surface area contributed by atoms with E-state index in [4.69, 9.17) is 9.26 Å². The van der Waals surface area contributed by atoms with Crippen molar-refractivity contribution < 1.29 is 13.7 Å². The van der Waals surface area contributed by atoms with Crippen LogP contribution in [0.5, 0.6) is 5.75 Å². The first-order chi connectivity index (χ1) is 11.7. The Bertz CT molecular complexity index is 668. The number of aryl methyl sites for hydroxylation is 1. The van der Waals surface area contributed by atoms with E-state index in [1.165, 1.54) is 7.11 Å². The molecule has 0 unspecified atom stereocenters. The number of aromatic nitrogens is 2. The summed E-state index contributed by atoms with van der Waals surface area (Å²) >= 11 is 0. The normalized spacial score (nSPS) is 16.5. The van der Waals surface area contributed by atoms with Crippen molar-refractivity contribution >= 4 is 0 Å². The number of hydrogen-bond donors (Lipinski definition) is 0. The van der Waals surface area contributed by atoms with E-state index in [0.29, 0.717) is 12.4 Å². The number of ether oxygens (including phenoxy) is 1. The summed E-state index contributed by atoms with van der Waals surface area (Å²) < 4.78 is 24.0. The Morgan fingerprint density at radius 1 is 1.17 bits per heavy atom. The summed E-state index contributed by atoms with van der Waals surface area (Å²) in [6.45, 7) is 7.18. The molecule has 24 heavy (non-hydrogen) atoms. The molecule has 0 N–H and O–H groups in total. The lowest BCUT2D eigenvalue weighted by Crippen LogP contribution is -2.45. The summed E-state index contributed by atoms with van der Waals surface area (Å²) in [5.74, 6) is 1.41. The molecule has 1 aliphatic heterocycles. The number of rotatable bonds is 6. The summed E-state index contributed by atoms with van der Waals surface area (Å²) in [7, 11) is 1.48. The molecule has 0 aliphatic carbocycles. The van der Waals surface area contributed by atoms with Crippen molar-refractivity contribution in [2.24, 2.45) is 0 Å². The van der Waals surface area contributed by atoms with Crippen LogP contribution in [-0.4, -0.2) is 53.2 Å². The summed E-state index contributed by atoms with van der Waals surface area (Å²) in [4.78, 5) is 8.98. The fourth-order valence-electron chi connectivity index (χ4n) is 2.86. The third-order valence-corrected chi connectivity index (χ3v) is 4.27. The summed E-state index contributed by atoms with van der Waals surface area (Å²) in [6, 6.07) is 5.15. The average Bonchev–Trinajstić information content (AvgIpc) is 3.04. The van der Waals surface area contributed by atoms with E-state index in [1.54, 1.807) is 12.1 Å². The van der Waals surface area contributed by atoms with E-state index in [-0.39, 0.29) is 11.6 Å². The van der Waals surface area contributed by atoms with Crippen molar-refractivity contribution in [3.63, 3.8) is 0 Å². The number of halogens is 1. The van der Waals surface area contributed by atoms with Crippen LogP contribution < -0.4 is 4.74 Å². The Kier molecular flexibility index (Phi) is 5.42. The van der Waals surface area contributed by atoms with Crippen LogP contribution in [0, 0.1) is 5.82 Å². The molecule has 6 nitrogen and oxygen atoms in total. The number of benzene rings is 1. The van der Waals surface area contributed by atoms with Gasteiger partial charge in [-0.3, -0.25) is 9.80 Å². The monoisotopic (exact) mass is 334 g/mol. The highest BCUT2D eigenvalue weighted by molar-refractivity contribution is 5.29. The van der Waals surface area contributed by atoms with Crippen LogP contribution in [0.1, 0.15) is 24.2 Å². The minimum Gasteiger partial charge on any atom is -0.494 e. The van der Waals surface area contributed by atoms with Gasteiger partial charge in [0.25, 0.3) is 0 Å². The van der Waals surface area contributed by atoms with E-state index in [2.05, 4.69) is 19.9 Å². The quantitative estimate of drug-likeness (QED) is 0.806. The zero-order valence-corrected chi connectivity index (χ0v) is 14.2. The standard InChI is InChI=1S/C17H23FN4O2/c1-3-16-19-17(24-20-16)12-22-8-6-21(7-9-22)11-13-4-5-15(23-2)14(18)10-13/h4-5,10H,3,6-9,11-12H2,1-2H3. The predicted octanol–water partition coefficient (Wildman–Crippen LogP) is 2.10. The maximum Gasteiger partial charge on any atom is 0.240 e. The fourth-order valence-corrected chi connectivity index (χ4v) is 2.86. The van der Waals surface area contributed by atoms with Crippen LogP contribution in [0.3, 0.4) is 0 Å². The molecule has 130 valence electrons. The highest BCUT2D eigenvalue weighted by atomic mass is 19.1. The molecule has 1 aliphatic rings. The Morgan fingerprint density at radius 2 is 1.88 bits per heavy atom. The molecular weight excluding hydrogens is 311 g/mol. The second kappa shape index (κ2) is 7.72. The minimum absolute atomic E-state index is 0.287. The predicted molar refractivity (Wildman–Crippen MR) is 87.2 cm³/mol. The molecule has 1 aromatic carbocycles. The van der Waals surface area contributed by atoms with Gasteiger partial charge in [0.05, 0.1) is 13.7 Å². The lowest BCUT2D eigenvalue weighted by atomic mass is 10.2. The molecular formula is C17H23FN4O2. The summed E-state index contributed by atoms with van der Waals surface area (Å²) in [6.07, 6.45) is 0.787. The second-order valence-corrected chi connectivity index (χ2v) is 5.98. The summed E-state index contributed by atoms with van der Waals surface area (Å²) in [5.41, 5.74) is 0.964. The van der Waals surface area contributed by atoms with Gasteiger partial charge in [0.1, 0.15) is 0 Å². The van der Waals surface area contributed by atoms with Gasteiger partial charge in [-0.15, -0.1) is 0 Å². The lowest BCUT2D eigenvalue weighted by Gasteiger charge is -2.33. The van der Waals surface area contributed by atoms with Gasteiger partial charge in [0.2, 0.25) is 5.89 Å². The highest BCUT2D eigenvalue weighted by Gasteiger charge is 2.19. The average molecular weight is 334 g/mol. The number of hydrogen-bond acceptors (Lipinski definition) is 6. The van der Waals surface area contributed by atoms with Crippen molar-refractivity contribution in [1.29, 1.82) is 0 Å². The lowest BCUT2D eigenvalue weighted by molar-refractivity contribution is 0.112. The van der Waals surface area contributed by atoms with Crippen LogP contribution in [0.25, 0.3) is 0 Å². The SMILES string of the molecule is CCc1noc(CN2CCN(Cc3ccc(OC)c(F)c3)CC2)n1. The molecule has 1 fully saturated rings. The van der Waals surface area contributed by atoms with E-state index in [0.717, 1.165) is 50.5 Å². The molecule has 0 spiro atoms. The zero-order valence-electron chi connectivity index (χ0n) is 14.2. The molecule has 1 aromatic heterocycles. The van der Waals surface area contributed by atoms with Crippen molar-refractivity contribution in [2.75, 3.05) is 33.3 Å². The van der Waals surface area contributed by atoms with Gasteiger partial charge in [0, 0.05) is 39.1 Å². The maximum atomic E-state index is 13.8. The Hall–Kier alpha value is -1.99. The first-order valence-corrected chi connectivity index (χ1v) is 8.26. The van der Waals surface area contributed by atoms with Gasteiger partial charge in [-0.05, 0) is 17.7 Å². The van der Waals surface area contributed by atoms with Gasteiger partial charge in [-0.2, -0.15) is 4.98 Å². The molecule has 0 radical (unpaired) electrons. The zero-order chi connectivity index (χ0) is 16.9. The third-order valence-electron chi connectivity index (χ3n) is 4.27. The molecule has 0 saturated carbocycles. The van der Waals surface area contributed by atoms with E-state index >= 15 is 0 Å². The molecule has 0 amide bonds. The molecule has 0 bridgehead atoms. The van der Waals surface area contributed by atoms with Gasteiger partial charge >= 0.3 is 0 Å². The van der Waals surface area contributed by atoms with Crippen LogP contribution in [-0.2, 0) is 19.5 Å². The molecule has 7 heteroatoms. The van der Waals surface area contributed by atoms with Crippen LogP contribution in [0.4, 0.5) is 4.39 Å². The first kappa shape index (κ1) is 16.9.